The van der Waals surface area contributed by atoms with Gasteiger partial charge < -0.3 is 5.32 Å². The number of nitrogens with zero attached hydrogens (tertiary/aromatic N) is 4. The summed E-state index contributed by atoms with van der Waals surface area (Å²) in [5.41, 5.74) is 3.77. The molecule has 5 heteroatoms. The van der Waals surface area contributed by atoms with Gasteiger partial charge in [-0.25, -0.2) is 4.68 Å². The van der Waals surface area contributed by atoms with Crippen LogP contribution in [0.3, 0.4) is 0 Å². The molecule has 0 saturated carbocycles. The van der Waals surface area contributed by atoms with Gasteiger partial charge in [-0.15, -0.1) is 0 Å². The van der Waals surface area contributed by atoms with Crippen LogP contribution in [0.4, 0.5) is 0 Å². The van der Waals surface area contributed by atoms with E-state index >= 15 is 0 Å². The van der Waals surface area contributed by atoms with Gasteiger partial charge in [0.15, 0.2) is 0 Å². The summed E-state index contributed by atoms with van der Waals surface area (Å²) in [5.74, 6) is 0. The van der Waals surface area contributed by atoms with Crippen molar-refractivity contribution in [2.75, 3.05) is 7.05 Å². The van der Waals surface area contributed by atoms with Gasteiger partial charge in [0, 0.05) is 25.1 Å². The summed E-state index contributed by atoms with van der Waals surface area (Å²) in [4.78, 5) is 8.54. The summed E-state index contributed by atoms with van der Waals surface area (Å²) < 4.78 is 1.85. The standard InChI is InChI=1S/C13H13N5/c1-14-9-10-4-7-18(17-10)11-2-3-12-13(8-11)16-6-5-15-12/h2-8,14H,9H2,1H3. The van der Waals surface area contributed by atoms with E-state index < -0.39 is 0 Å². The fraction of sp³-hybridized carbons (Fsp3) is 0.154. The van der Waals surface area contributed by atoms with Crippen molar-refractivity contribution in [2.24, 2.45) is 0 Å². The Morgan fingerprint density at radius 2 is 1.94 bits per heavy atom. The second-order valence-corrected chi connectivity index (χ2v) is 4.01. The topological polar surface area (TPSA) is 55.6 Å². The van der Waals surface area contributed by atoms with Crippen LogP contribution < -0.4 is 5.32 Å². The summed E-state index contributed by atoms with van der Waals surface area (Å²) in [6.07, 6.45) is 5.34. The molecule has 0 fully saturated rings. The van der Waals surface area contributed by atoms with E-state index in [2.05, 4.69) is 20.4 Å². The molecule has 90 valence electrons. The van der Waals surface area contributed by atoms with E-state index in [9.17, 15) is 0 Å². The van der Waals surface area contributed by atoms with Crippen molar-refractivity contribution >= 4 is 11.0 Å². The molecule has 1 N–H and O–H groups in total. The van der Waals surface area contributed by atoms with Crippen LogP contribution in [0.2, 0.25) is 0 Å². The molecule has 5 nitrogen and oxygen atoms in total. The fourth-order valence-corrected chi connectivity index (χ4v) is 1.88. The molecule has 2 heterocycles. The molecule has 0 atom stereocenters. The second kappa shape index (κ2) is 4.54. The Morgan fingerprint density at radius 3 is 2.78 bits per heavy atom. The van der Waals surface area contributed by atoms with Gasteiger partial charge in [-0.2, -0.15) is 5.10 Å². The van der Waals surface area contributed by atoms with Crippen LogP contribution in [-0.2, 0) is 6.54 Å². The number of benzene rings is 1. The minimum absolute atomic E-state index is 0.764. The van der Waals surface area contributed by atoms with E-state index in [0.717, 1.165) is 29.0 Å². The highest BCUT2D eigenvalue weighted by atomic mass is 15.3. The van der Waals surface area contributed by atoms with Crippen LogP contribution in [0.1, 0.15) is 5.69 Å². The van der Waals surface area contributed by atoms with Gasteiger partial charge in [0.05, 0.1) is 22.4 Å². The monoisotopic (exact) mass is 239 g/mol. The normalized spacial score (nSPS) is 10.9. The molecule has 2 aromatic heterocycles. The Bertz CT molecular complexity index is 674. The molecule has 18 heavy (non-hydrogen) atoms. The smallest absolute Gasteiger partial charge is 0.0908 e. The largest absolute Gasteiger partial charge is 0.314 e. The summed E-state index contributed by atoms with van der Waals surface area (Å²) >= 11 is 0. The lowest BCUT2D eigenvalue weighted by Gasteiger charge is -2.02. The van der Waals surface area contributed by atoms with Crippen LogP contribution in [0, 0.1) is 0 Å². The van der Waals surface area contributed by atoms with E-state index in [1.165, 1.54) is 0 Å². The highest BCUT2D eigenvalue weighted by Gasteiger charge is 2.02. The minimum atomic E-state index is 0.764. The van der Waals surface area contributed by atoms with Crippen molar-refractivity contribution in [1.29, 1.82) is 0 Å². The molecule has 3 rings (SSSR count). The minimum Gasteiger partial charge on any atom is -0.314 e. The van der Waals surface area contributed by atoms with E-state index in [-0.39, 0.29) is 0 Å². The first kappa shape index (κ1) is 10.9. The highest BCUT2D eigenvalue weighted by molar-refractivity contribution is 5.76. The van der Waals surface area contributed by atoms with Crippen LogP contribution in [0.5, 0.6) is 0 Å². The second-order valence-electron chi connectivity index (χ2n) is 4.01. The maximum Gasteiger partial charge on any atom is 0.0908 e. The number of rotatable bonds is 3. The van der Waals surface area contributed by atoms with E-state index in [0.29, 0.717) is 0 Å². The molecule has 0 aliphatic heterocycles. The van der Waals surface area contributed by atoms with Crippen molar-refractivity contribution in [3.05, 3.63) is 48.5 Å². The lowest BCUT2D eigenvalue weighted by Crippen LogP contribution is -2.06. The zero-order chi connectivity index (χ0) is 12.4. The maximum absolute atomic E-state index is 4.48. The lowest BCUT2D eigenvalue weighted by atomic mass is 10.2. The predicted octanol–water partition coefficient (Wildman–Crippen LogP) is 1.53. The Hall–Kier alpha value is -2.27. The maximum atomic E-state index is 4.48. The van der Waals surface area contributed by atoms with Crippen molar-refractivity contribution in [3.8, 4) is 5.69 Å². The first-order chi connectivity index (χ1) is 8.86. The molecule has 3 aromatic rings. The predicted molar refractivity (Wildman–Crippen MR) is 69.4 cm³/mol. The van der Waals surface area contributed by atoms with Crippen LogP contribution >= 0.6 is 0 Å². The molecule has 0 radical (unpaired) electrons. The molecule has 0 aliphatic carbocycles. The van der Waals surface area contributed by atoms with Gasteiger partial charge in [0.1, 0.15) is 0 Å². The van der Waals surface area contributed by atoms with Gasteiger partial charge in [-0.1, -0.05) is 0 Å². The molecular weight excluding hydrogens is 226 g/mol. The highest BCUT2D eigenvalue weighted by Crippen LogP contribution is 2.14. The third-order valence-electron chi connectivity index (χ3n) is 2.72. The van der Waals surface area contributed by atoms with Crippen molar-refractivity contribution in [1.82, 2.24) is 25.1 Å². The molecule has 0 spiro atoms. The molecule has 0 saturated heterocycles. The van der Waals surface area contributed by atoms with Crippen LogP contribution in [0.25, 0.3) is 16.7 Å². The number of hydrogen-bond donors (Lipinski definition) is 1. The lowest BCUT2D eigenvalue weighted by molar-refractivity contribution is 0.757. The molecular formula is C13H13N5. The molecule has 0 aliphatic rings. The Balaban J connectivity index is 2.02. The molecule has 1 aromatic carbocycles. The van der Waals surface area contributed by atoms with Crippen LogP contribution in [0.15, 0.2) is 42.9 Å². The van der Waals surface area contributed by atoms with Crippen molar-refractivity contribution in [2.45, 2.75) is 6.54 Å². The molecule has 0 unspecified atom stereocenters. The van der Waals surface area contributed by atoms with Gasteiger partial charge in [-0.05, 0) is 31.3 Å². The van der Waals surface area contributed by atoms with E-state index in [4.69, 9.17) is 0 Å². The number of fused-ring (bicyclic) bond motifs is 1. The van der Waals surface area contributed by atoms with E-state index in [1.807, 2.05) is 42.2 Å². The average molecular weight is 239 g/mol. The van der Waals surface area contributed by atoms with E-state index in [1.54, 1.807) is 12.4 Å². The first-order valence-corrected chi connectivity index (χ1v) is 5.77. The van der Waals surface area contributed by atoms with Gasteiger partial charge in [-0.3, -0.25) is 9.97 Å². The Morgan fingerprint density at radius 1 is 1.11 bits per heavy atom. The van der Waals surface area contributed by atoms with Crippen molar-refractivity contribution in [3.63, 3.8) is 0 Å². The summed E-state index contributed by atoms with van der Waals surface area (Å²) in [6.45, 7) is 0.764. The average Bonchev–Trinajstić information content (AvgIpc) is 2.87. The zero-order valence-corrected chi connectivity index (χ0v) is 10.0. The van der Waals surface area contributed by atoms with Gasteiger partial charge in [0.25, 0.3) is 0 Å². The van der Waals surface area contributed by atoms with Gasteiger partial charge >= 0.3 is 0 Å². The number of nitrogens with one attached hydrogen (secondary N) is 1. The SMILES string of the molecule is CNCc1ccn(-c2ccc3nccnc3c2)n1. The molecule has 0 amide bonds. The van der Waals surface area contributed by atoms with Gasteiger partial charge in [0.2, 0.25) is 0 Å². The van der Waals surface area contributed by atoms with Crippen molar-refractivity contribution < 1.29 is 0 Å². The number of hydrogen-bond acceptors (Lipinski definition) is 4. The third-order valence-corrected chi connectivity index (χ3v) is 2.72. The molecule has 0 bridgehead atoms. The summed E-state index contributed by atoms with van der Waals surface area (Å²) in [6, 6.07) is 7.93. The Kier molecular flexibility index (Phi) is 2.74. The number of aromatic nitrogens is 4. The third kappa shape index (κ3) is 1.96. The van der Waals surface area contributed by atoms with Crippen LogP contribution in [-0.4, -0.2) is 26.8 Å². The fourth-order valence-electron chi connectivity index (χ4n) is 1.88. The summed E-state index contributed by atoms with van der Waals surface area (Å²) in [7, 11) is 1.91. The zero-order valence-electron chi connectivity index (χ0n) is 10.0. The Labute approximate surface area is 104 Å². The quantitative estimate of drug-likeness (QED) is 0.753. The first-order valence-electron chi connectivity index (χ1n) is 5.77. The summed E-state index contributed by atoms with van der Waals surface area (Å²) in [5, 5.41) is 7.56.